The first-order valence-corrected chi connectivity index (χ1v) is 12.5. The van der Waals surface area contributed by atoms with Gasteiger partial charge in [-0.1, -0.05) is 30.3 Å². The Morgan fingerprint density at radius 2 is 1.94 bits per heavy atom. The highest BCUT2D eigenvalue weighted by Gasteiger charge is 2.28. The van der Waals surface area contributed by atoms with E-state index in [-0.39, 0.29) is 0 Å². The van der Waals surface area contributed by atoms with Crippen LogP contribution in [-0.4, -0.2) is 31.0 Å². The summed E-state index contributed by atoms with van der Waals surface area (Å²) in [4.78, 5) is 12.8. The molecule has 0 unspecified atom stereocenters. The first kappa shape index (κ1) is 19.7. The second-order valence-electron chi connectivity index (χ2n) is 8.40. The fraction of sp³-hybridized carbons (Fsp3) is 0.115. The minimum absolute atomic E-state index is 0.308. The summed E-state index contributed by atoms with van der Waals surface area (Å²) in [5.74, 6) is -0.0477. The smallest absolute Gasteiger partial charge is 0.353 e. The summed E-state index contributed by atoms with van der Waals surface area (Å²) < 4.78 is 18.4. The van der Waals surface area contributed by atoms with E-state index in [2.05, 4.69) is 26.9 Å². The minimum atomic E-state index is -0.935. The van der Waals surface area contributed by atoms with E-state index in [9.17, 15) is 9.90 Å². The van der Waals surface area contributed by atoms with E-state index in [0.29, 0.717) is 18.8 Å². The molecular weight excluding hydrogens is 466 g/mol. The molecule has 1 aliphatic rings. The number of ether oxygens (including phenoxy) is 1. The van der Waals surface area contributed by atoms with Crippen LogP contribution in [-0.2, 0) is 13.0 Å². The van der Waals surface area contributed by atoms with Crippen molar-refractivity contribution in [2.75, 3.05) is 6.61 Å². The Morgan fingerprint density at radius 1 is 1.06 bits per heavy atom. The highest BCUT2D eigenvalue weighted by atomic mass is 32.1. The lowest BCUT2D eigenvalue weighted by Gasteiger charge is -2.11. The number of carboxylic acid groups (broad SMARTS) is 1. The van der Waals surface area contributed by atoms with Gasteiger partial charge in [-0.15, -0.1) is 11.3 Å². The lowest BCUT2D eigenvalue weighted by Crippen LogP contribution is -2.11. The molecule has 8 heteroatoms. The van der Waals surface area contributed by atoms with Crippen LogP contribution in [0.15, 0.2) is 60.7 Å². The molecule has 3 aromatic carbocycles. The van der Waals surface area contributed by atoms with Crippen LogP contribution in [0.25, 0.3) is 42.5 Å². The zero-order chi connectivity index (χ0) is 22.8. The summed E-state index contributed by atoms with van der Waals surface area (Å²) in [7, 11) is 0. The summed E-state index contributed by atoms with van der Waals surface area (Å²) in [5.41, 5.74) is 6.75. The van der Waals surface area contributed by atoms with Gasteiger partial charge in [-0.3, -0.25) is 0 Å². The van der Waals surface area contributed by atoms with E-state index in [1.807, 2.05) is 47.0 Å². The van der Waals surface area contributed by atoms with Gasteiger partial charge in [0.05, 0.1) is 28.6 Å². The van der Waals surface area contributed by atoms with Gasteiger partial charge in [-0.2, -0.15) is 8.75 Å². The monoisotopic (exact) mass is 483 g/mol. The molecule has 0 saturated carbocycles. The first-order chi connectivity index (χ1) is 16.7. The van der Waals surface area contributed by atoms with Crippen molar-refractivity contribution < 1.29 is 14.6 Å². The molecule has 7 rings (SSSR count). The maximum atomic E-state index is 12.8. The fourth-order valence-electron chi connectivity index (χ4n) is 4.92. The number of carboxylic acids is 1. The highest BCUT2D eigenvalue weighted by Crippen LogP contribution is 2.45. The molecule has 0 spiro atoms. The highest BCUT2D eigenvalue weighted by molar-refractivity contribution is 7.26. The van der Waals surface area contributed by atoms with E-state index in [1.54, 1.807) is 11.3 Å². The quantitative estimate of drug-likeness (QED) is 0.323. The maximum absolute atomic E-state index is 12.8. The maximum Gasteiger partial charge on any atom is 0.353 e. The molecule has 0 amide bonds. The molecule has 34 heavy (non-hydrogen) atoms. The molecule has 6 aromatic rings. The normalized spacial score (nSPS) is 13.1. The molecule has 4 heterocycles. The van der Waals surface area contributed by atoms with Gasteiger partial charge in [0.1, 0.15) is 22.5 Å². The molecular formula is C26H17N3O3S2. The number of hydrogen-bond donors (Lipinski definition) is 1. The van der Waals surface area contributed by atoms with Crippen molar-refractivity contribution in [2.24, 2.45) is 0 Å². The molecule has 0 aliphatic carbocycles. The van der Waals surface area contributed by atoms with Gasteiger partial charge in [0, 0.05) is 28.6 Å². The standard InChI is InChI=1S/C26H17N3O3S2/c30-26(31)24-22(16-6-8-20-15(12-16)9-10-32-20)25-23(17-3-1-2-4-21(17)33-25)29(24)13-14-5-7-18-19(11-14)28-34-27-18/h1-8,11-12H,9-10,13H2,(H,30,31). The second-order valence-corrected chi connectivity index (χ2v) is 9.98. The van der Waals surface area contributed by atoms with Gasteiger partial charge in [-0.25, -0.2) is 4.79 Å². The third-order valence-electron chi connectivity index (χ3n) is 6.41. The van der Waals surface area contributed by atoms with Crippen LogP contribution < -0.4 is 4.74 Å². The van der Waals surface area contributed by atoms with Crippen molar-refractivity contribution >= 4 is 60.4 Å². The number of fused-ring (bicyclic) bond motifs is 5. The van der Waals surface area contributed by atoms with E-state index >= 15 is 0 Å². The summed E-state index contributed by atoms with van der Waals surface area (Å²) in [6.45, 7) is 1.10. The summed E-state index contributed by atoms with van der Waals surface area (Å²) in [5, 5.41) is 11.5. The number of benzene rings is 3. The first-order valence-electron chi connectivity index (χ1n) is 10.9. The van der Waals surface area contributed by atoms with Crippen LogP contribution >= 0.6 is 23.1 Å². The number of aromatic carboxylic acids is 1. The average molecular weight is 484 g/mol. The molecule has 0 fully saturated rings. The van der Waals surface area contributed by atoms with Crippen molar-refractivity contribution in [3.63, 3.8) is 0 Å². The van der Waals surface area contributed by atoms with Crippen molar-refractivity contribution in [1.29, 1.82) is 0 Å². The number of aromatic nitrogens is 3. The van der Waals surface area contributed by atoms with Crippen LogP contribution in [0.5, 0.6) is 5.75 Å². The number of nitrogens with zero attached hydrogens (tertiary/aromatic N) is 3. The predicted octanol–water partition coefficient (Wildman–Crippen LogP) is 6.21. The summed E-state index contributed by atoms with van der Waals surface area (Å²) in [6.07, 6.45) is 0.837. The van der Waals surface area contributed by atoms with Crippen molar-refractivity contribution in [3.8, 4) is 16.9 Å². The SMILES string of the molecule is O=C(O)c1c(-c2ccc3c(c2)CCO3)c2sc3ccccc3c2n1Cc1ccc2nsnc2c1. The Kier molecular flexibility index (Phi) is 4.27. The van der Waals surface area contributed by atoms with Gasteiger partial charge in [-0.05, 0) is 47.0 Å². The van der Waals surface area contributed by atoms with Gasteiger partial charge < -0.3 is 14.4 Å². The third kappa shape index (κ3) is 2.89. The Morgan fingerprint density at radius 3 is 2.85 bits per heavy atom. The number of rotatable bonds is 4. The van der Waals surface area contributed by atoms with Gasteiger partial charge in [0.2, 0.25) is 0 Å². The van der Waals surface area contributed by atoms with Crippen LogP contribution in [0.4, 0.5) is 0 Å². The predicted molar refractivity (Wildman–Crippen MR) is 135 cm³/mol. The molecule has 1 N–H and O–H groups in total. The van der Waals surface area contributed by atoms with Crippen LogP contribution in [0.1, 0.15) is 21.6 Å². The molecule has 166 valence electrons. The molecule has 0 saturated heterocycles. The Balaban J connectivity index is 1.53. The molecule has 1 aliphatic heterocycles. The third-order valence-corrected chi connectivity index (χ3v) is 8.15. The molecule has 6 nitrogen and oxygen atoms in total. The van der Waals surface area contributed by atoms with E-state index < -0.39 is 5.97 Å². The van der Waals surface area contributed by atoms with Gasteiger partial charge in [0.25, 0.3) is 0 Å². The van der Waals surface area contributed by atoms with E-state index in [1.165, 1.54) is 11.7 Å². The topological polar surface area (TPSA) is 77.2 Å². The molecule has 0 atom stereocenters. The number of carbonyl (C=O) groups is 1. The zero-order valence-corrected chi connectivity index (χ0v) is 19.4. The van der Waals surface area contributed by atoms with Gasteiger partial charge >= 0.3 is 5.97 Å². The Bertz CT molecular complexity index is 1760. The zero-order valence-electron chi connectivity index (χ0n) is 17.8. The number of thiophene rings is 1. The molecule has 3 aromatic heterocycles. The van der Waals surface area contributed by atoms with Crippen LogP contribution in [0, 0.1) is 0 Å². The van der Waals surface area contributed by atoms with E-state index in [4.69, 9.17) is 4.74 Å². The van der Waals surface area contributed by atoms with Crippen molar-refractivity contribution in [3.05, 3.63) is 77.5 Å². The van der Waals surface area contributed by atoms with Crippen molar-refractivity contribution in [2.45, 2.75) is 13.0 Å². The van der Waals surface area contributed by atoms with E-state index in [0.717, 1.165) is 65.8 Å². The average Bonchev–Trinajstić information content (AvgIpc) is 3.61. The largest absolute Gasteiger partial charge is 0.493 e. The minimum Gasteiger partial charge on any atom is -0.493 e. The number of hydrogen-bond acceptors (Lipinski definition) is 6. The second kappa shape index (κ2) is 7.38. The lowest BCUT2D eigenvalue weighted by molar-refractivity contribution is 0.0687. The lowest BCUT2D eigenvalue weighted by atomic mass is 10.0. The Hall–Kier alpha value is -3.75. The van der Waals surface area contributed by atoms with Crippen molar-refractivity contribution in [1.82, 2.24) is 13.3 Å². The fourth-order valence-corrected chi connectivity index (χ4v) is 6.71. The summed E-state index contributed by atoms with van der Waals surface area (Å²) >= 11 is 2.83. The van der Waals surface area contributed by atoms with Crippen LogP contribution in [0.2, 0.25) is 0 Å². The Labute approximate surface area is 202 Å². The molecule has 0 radical (unpaired) electrons. The van der Waals surface area contributed by atoms with Crippen LogP contribution in [0.3, 0.4) is 0 Å². The summed E-state index contributed by atoms with van der Waals surface area (Å²) in [6, 6.07) is 20.2. The molecule has 0 bridgehead atoms. The van der Waals surface area contributed by atoms with Gasteiger partial charge in [0.15, 0.2) is 0 Å².